The lowest BCUT2D eigenvalue weighted by molar-refractivity contribution is 0.676. The zero-order chi connectivity index (χ0) is 7.11. The van der Waals surface area contributed by atoms with Gasteiger partial charge in [0.25, 0.3) is 0 Å². The Hall–Kier alpha value is -0.130. The van der Waals surface area contributed by atoms with E-state index in [1.54, 1.807) is 11.8 Å². The molecule has 0 heterocycles. The Labute approximate surface area is 61.4 Å². The zero-order valence-corrected chi connectivity index (χ0v) is 6.58. The molecule has 1 unspecified atom stereocenters. The van der Waals surface area contributed by atoms with Crippen LogP contribution in [0, 0.1) is 18.3 Å². The zero-order valence-electron chi connectivity index (χ0n) is 5.76. The van der Waals surface area contributed by atoms with Gasteiger partial charge in [-0.1, -0.05) is 12.8 Å². The van der Waals surface area contributed by atoms with Crippen LogP contribution in [0.25, 0.3) is 0 Å². The smallest absolute Gasteiger partial charge is 0.0544 e. The molecule has 9 heavy (non-hydrogen) atoms. The van der Waals surface area contributed by atoms with Crippen molar-refractivity contribution in [3.8, 4) is 12.3 Å². The normalized spacial score (nSPS) is 12.6. The van der Waals surface area contributed by atoms with Gasteiger partial charge in [-0.2, -0.15) is 0 Å². The molecule has 0 aromatic rings. The molecule has 0 bridgehead atoms. The topological polar surface area (TPSA) is 26.0 Å². The molecule has 1 atom stereocenters. The molecule has 2 N–H and O–H groups in total. The number of terminal acetylenes is 1. The summed E-state index contributed by atoms with van der Waals surface area (Å²) in [4.78, 5) is 0. The molecule has 2 heteroatoms. The van der Waals surface area contributed by atoms with Gasteiger partial charge in [-0.25, -0.2) is 0 Å². The number of rotatable bonds is 4. The number of nitrogens with two attached hydrogens (primary N) is 1. The summed E-state index contributed by atoms with van der Waals surface area (Å²) in [5, 5.41) is 0. The highest BCUT2D eigenvalue weighted by atomic mass is 32.2. The summed E-state index contributed by atoms with van der Waals surface area (Å²) in [6, 6.07) is 0. The molecule has 0 aromatic heterocycles. The summed E-state index contributed by atoms with van der Waals surface area (Å²) in [6.45, 7) is 2.89. The lowest BCUT2D eigenvalue weighted by Gasteiger charge is -2.04. The summed E-state index contributed by atoms with van der Waals surface area (Å²) in [5.41, 5.74) is 5.39. The van der Waals surface area contributed by atoms with Gasteiger partial charge in [-0.15, -0.1) is 18.2 Å². The van der Waals surface area contributed by atoms with Gasteiger partial charge in [-0.05, 0) is 18.2 Å². The molecule has 0 saturated carbocycles. The van der Waals surface area contributed by atoms with Crippen LogP contribution in [0.3, 0.4) is 0 Å². The molecule has 0 aliphatic rings. The highest BCUT2D eigenvalue weighted by Crippen LogP contribution is 2.04. The largest absolute Gasteiger partial charge is 0.330 e. The standard InChI is InChI=1S/C7H13NS/c1-3-4-9-6-7(2)5-8/h1,7H,4-6,8H2,2H3. The van der Waals surface area contributed by atoms with Crippen molar-refractivity contribution in [2.24, 2.45) is 11.7 Å². The van der Waals surface area contributed by atoms with Crippen molar-refractivity contribution in [1.82, 2.24) is 0 Å². The van der Waals surface area contributed by atoms with E-state index in [9.17, 15) is 0 Å². The molecule has 52 valence electrons. The van der Waals surface area contributed by atoms with Gasteiger partial charge in [0.15, 0.2) is 0 Å². The quantitative estimate of drug-likeness (QED) is 0.468. The van der Waals surface area contributed by atoms with E-state index in [0.717, 1.165) is 18.1 Å². The number of hydrogen-bond donors (Lipinski definition) is 1. The van der Waals surface area contributed by atoms with E-state index in [2.05, 4.69) is 12.8 Å². The predicted molar refractivity (Wildman–Crippen MR) is 44.4 cm³/mol. The third-order valence-electron chi connectivity index (χ3n) is 0.990. The van der Waals surface area contributed by atoms with Crippen LogP contribution in [0.5, 0.6) is 0 Å². The van der Waals surface area contributed by atoms with Crippen LogP contribution in [-0.2, 0) is 0 Å². The minimum Gasteiger partial charge on any atom is -0.330 e. The van der Waals surface area contributed by atoms with Crippen LogP contribution in [0.4, 0.5) is 0 Å². The van der Waals surface area contributed by atoms with Crippen LogP contribution in [-0.4, -0.2) is 18.1 Å². The first-order chi connectivity index (χ1) is 4.31. The van der Waals surface area contributed by atoms with Crippen molar-refractivity contribution in [3.05, 3.63) is 0 Å². The Morgan fingerprint density at radius 2 is 2.44 bits per heavy atom. The summed E-state index contributed by atoms with van der Waals surface area (Å²) < 4.78 is 0. The van der Waals surface area contributed by atoms with Crippen molar-refractivity contribution < 1.29 is 0 Å². The fourth-order valence-corrected chi connectivity index (χ4v) is 1.16. The molecule has 0 spiro atoms. The molecule has 0 aromatic carbocycles. The highest BCUT2D eigenvalue weighted by Gasteiger charge is 1.96. The second-order valence-electron chi connectivity index (χ2n) is 2.06. The van der Waals surface area contributed by atoms with E-state index in [0.29, 0.717) is 5.92 Å². The first kappa shape index (κ1) is 8.87. The second-order valence-corrected chi connectivity index (χ2v) is 3.09. The van der Waals surface area contributed by atoms with Crippen molar-refractivity contribution >= 4 is 11.8 Å². The van der Waals surface area contributed by atoms with E-state index < -0.39 is 0 Å². The van der Waals surface area contributed by atoms with Crippen molar-refractivity contribution in [2.45, 2.75) is 6.92 Å². The van der Waals surface area contributed by atoms with Crippen molar-refractivity contribution in [1.29, 1.82) is 0 Å². The van der Waals surface area contributed by atoms with Crippen molar-refractivity contribution in [2.75, 3.05) is 18.1 Å². The summed E-state index contributed by atoms with van der Waals surface area (Å²) in [7, 11) is 0. The minimum atomic E-state index is 0.600. The van der Waals surface area contributed by atoms with E-state index >= 15 is 0 Å². The summed E-state index contributed by atoms with van der Waals surface area (Å²) >= 11 is 1.77. The molecular weight excluding hydrogens is 130 g/mol. The SMILES string of the molecule is C#CCSCC(C)CN. The molecule has 0 aliphatic heterocycles. The molecular formula is C7H13NS. The minimum absolute atomic E-state index is 0.600. The van der Waals surface area contributed by atoms with Gasteiger partial charge in [0.05, 0.1) is 5.75 Å². The molecule has 0 aliphatic carbocycles. The second kappa shape index (κ2) is 6.00. The Kier molecular flexibility index (Phi) is 5.91. The van der Waals surface area contributed by atoms with E-state index in [1.807, 2.05) is 0 Å². The molecule has 0 fully saturated rings. The average molecular weight is 143 g/mol. The first-order valence-electron chi connectivity index (χ1n) is 3.02. The highest BCUT2D eigenvalue weighted by molar-refractivity contribution is 7.99. The van der Waals surface area contributed by atoms with Gasteiger partial charge in [0.1, 0.15) is 0 Å². The number of hydrogen-bond acceptors (Lipinski definition) is 2. The van der Waals surface area contributed by atoms with Crippen LogP contribution in [0.1, 0.15) is 6.92 Å². The fourth-order valence-electron chi connectivity index (χ4n) is 0.387. The molecule has 0 radical (unpaired) electrons. The van der Waals surface area contributed by atoms with Crippen LogP contribution >= 0.6 is 11.8 Å². The van der Waals surface area contributed by atoms with Crippen LogP contribution < -0.4 is 5.73 Å². The van der Waals surface area contributed by atoms with E-state index in [-0.39, 0.29) is 0 Å². The number of thioether (sulfide) groups is 1. The Morgan fingerprint density at radius 3 is 2.89 bits per heavy atom. The maximum Gasteiger partial charge on any atom is 0.0544 e. The lowest BCUT2D eigenvalue weighted by atomic mass is 10.2. The van der Waals surface area contributed by atoms with Gasteiger partial charge in [0.2, 0.25) is 0 Å². The Bertz CT molecular complexity index is 95.6. The predicted octanol–water partition coefficient (Wildman–Crippen LogP) is 0.948. The lowest BCUT2D eigenvalue weighted by Crippen LogP contribution is -2.12. The molecule has 0 saturated heterocycles. The summed E-state index contributed by atoms with van der Waals surface area (Å²) in [5.74, 6) is 5.06. The Morgan fingerprint density at radius 1 is 1.78 bits per heavy atom. The maximum absolute atomic E-state index is 5.39. The van der Waals surface area contributed by atoms with E-state index in [4.69, 9.17) is 12.2 Å². The van der Waals surface area contributed by atoms with Gasteiger partial charge in [0, 0.05) is 0 Å². The third kappa shape index (κ3) is 5.75. The van der Waals surface area contributed by atoms with Crippen LogP contribution in [0.15, 0.2) is 0 Å². The van der Waals surface area contributed by atoms with Crippen LogP contribution in [0.2, 0.25) is 0 Å². The van der Waals surface area contributed by atoms with Gasteiger partial charge < -0.3 is 5.73 Å². The average Bonchev–Trinajstić information content (AvgIpc) is 1.89. The summed E-state index contributed by atoms with van der Waals surface area (Å²) in [6.07, 6.45) is 5.05. The fraction of sp³-hybridized carbons (Fsp3) is 0.714. The molecule has 1 nitrogen and oxygen atoms in total. The Balaban J connectivity index is 2.99. The maximum atomic E-state index is 5.39. The van der Waals surface area contributed by atoms with E-state index in [1.165, 1.54) is 0 Å². The first-order valence-corrected chi connectivity index (χ1v) is 4.18. The third-order valence-corrected chi connectivity index (χ3v) is 2.17. The monoisotopic (exact) mass is 143 g/mol. The van der Waals surface area contributed by atoms with Gasteiger partial charge in [-0.3, -0.25) is 0 Å². The van der Waals surface area contributed by atoms with Gasteiger partial charge >= 0.3 is 0 Å². The molecule has 0 rings (SSSR count). The van der Waals surface area contributed by atoms with Crippen molar-refractivity contribution in [3.63, 3.8) is 0 Å². The molecule has 0 amide bonds.